The summed E-state index contributed by atoms with van der Waals surface area (Å²) in [5, 5.41) is 0.756. The molecule has 0 bridgehead atoms. The Hall–Kier alpha value is -1.03. The summed E-state index contributed by atoms with van der Waals surface area (Å²) in [4.78, 5) is 4.24. The van der Waals surface area contributed by atoms with Crippen LogP contribution in [0.4, 0.5) is 4.70 Å². The zero-order chi connectivity index (χ0) is 7.84. The molecule has 0 aliphatic carbocycles. The Balaban J connectivity index is 0.000000720. The van der Waals surface area contributed by atoms with Gasteiger partial charge in [0, 0.05) is 7.05 Å². The normalized spacial score (nSPS) is 9.83. The molecule has 0 N–H and O–H groups in total. The van der Waals surface area contributed by atoms with Crippen LogP contribution in [0.5, 0.6) is 0 Å². The molecule has 0 fully saturated rings. The van der Waals surface area contributed by atoms with Crippen LogP contribution in [0.15, 0.2) is 29.4 Å². The minimum atomic E-state index is 0. The first-order valence-electron chi connectivity index (χ1n) is 3.39. The van der Waals surface area contributed by atoms with Gasteiger partial charge in [-0.25, -0.2) is 4.98 Å². The Labute approximate surface area is 75.0 Å². The minimum absolute atomic E-state index is 0. The maximum Gasteiger partial charge on any atom is 0.165 e. The van der Waals surface area contributed by atoms with Gasteiger partial charge >= 0.3 is 0 Å². The first-order chi connectivity index (χ1) is 5.29. The van der Waals surface area contributed by atoms with Crippen LogP contribution < -0.4 is 0 Å². The van der Waals surface area contributed by atoms with Crippen molar-refractivity contribution in [2.45, 2.75) is 5.16 Å². The molecule has 2 nitrogen and oxygen atoms in total. The van der Waals surface area contributed by atoms with Crippen LogP contribution in [0.2, 0.25) is 0 Å². The number of aromatic nitrogens is 2. The van der Waals surface area contributed by atoms with E-state index < -0.39 is 0 Å². The van der Waals surface area contributed by atoms with E-state index >= 15 is 0 Å². The standard InChI is InChI=1S/C8H8N2S.FH/c1-10-7-5-3-2-4-6(7)9-8(10)11;/h2-5H,1H3,(H,9,11);1H. The highest BCUT2D eigenvalue weighted by Gasteiger charge is 2.00. The number of halogens is 1. The molecule has 1 aromatic heterocycles. The number of hydrogen-bond acceptors (Lipinski definition) is 2. The van der Waals surface area contributed by atoms with Crippen molar-refractivity contribution in [3.8, 4) is 0 Å². The van der Waals surface area contributed by atoms with Crippen LogP contribution in [0, 0.1) is 0 Å². The van der Waals surface area contributed by atoms with E-state index in [9.17, 15) is 0 Å². The van der Waals surface area contributed by atoms with Crippen LogP contribution in [-0.4, -0.2) is 9.55 Å². The lowest BCUT2D eigenvalue weighted by Gasteiger charge is -1.92. The van der Waals surface area contributed by atoms with Crippen LogP contribution in [-0.2, 0) is 7.05 Å². The van der Waals surface area contributed by atoms with Crippen molar-refractivity contribution in [2.75, 3.05) is 0 Å². The van der Waals surface area contributed by atoms with E-state index in [1.807, 2.05) is 35.9 Å². The molecule has 0 aliphatic heterocycles. The van der Waals surface area contributed by atoms with Crippen LogP contribution >= 0.6 is 12.6 Å². The van der Waals surface area contributed by atoms with Crippen molar-refractivity contribution in [3.63, 3.8) is 0 Å². The Bertz CT molecular complexity index is 397. The summed E-state index contributed by atoms with van der Waals surface area (Å²) in [6, 6.07) is 7.98. The quantitative estimate of drug-likeness (QED) is 0.620. The van der Waals surface area contributed by atoms with Crippen molar-refractivity contribution in [3.05, 3.63) is 24.3 Å². The summed E-state index contributed by atoms with van der Waals surface area (Å²) in [6.07, 6.45) is 0. The second-order valence-corrected chi connectivity index (χ2v) is 2.86. The summed E-state index contributed by atoms with van der Waals surface area (Å²) in [5.41, 5.74) is 2.12. The van der Waals surface area contributed by atoms with Crippen molar-refractivity contribution >= 4 is 23.7 Å². The highest BCUT2D eigenvalue weighted by atomic mass is 32.1. The second-order valence-electron chi connectivity index (χ2n) is 2.46. The van der Waals surface area contributed by atoms with Gasteiger partial charge in [-0.2, -0.15) is 0 Å². The zero-order valence-corrected chi connectivity index (χ0v) is 7.45. The van der Waals surface area contributed by atoms with E-state index in [1.54, 1.807) is 0 Å². The molecule has 0 unspecified atom stereocenters. The SMILES string of the molecule is Cn1c(S)nc2ccccc21.F. The molecule has 0 atom stereocenters. The number of rotatable bonds is 0. The lowest BCUT2D eigenvalue weighted by Crippen LogP contribution is -1.86. The van der Waals surface area contributed by atoms with Gasteiger partial charge in [-0.15, -0.1) is 12.6 Å². The van der Waals surface area contributed by atoms with E-state index in [4.69, 9.17) is 0 Å². The Kier molecular flexibility index (Phi) is 2.38. The summed E-state index contributed by atoms with van der Waals surface area (Å²) in [5.74, 6) is 0. The second kappa shape index (κ2) is 3.15. The zero-order valence-electron chi connectivity index (χ0n) is 6.56. The molecular weight excluding hydrogens is 175 g/mol. The van der Waals surface area contributed by atoms with E-state index in [2.05, 4.69) is 17.6 Å². The van der Waals surface area contributed by atoms with E-state index in [-0.39, 0.29) is 4.70 Å². The van der Waals surface area contributed by atoms with Gasteiger partial charge in [-0.1, -0.05) is 12.1 Å². The lowest BCUT2D eigenvalue weighted by molar-refractivity contribution is 0.819. The lowest BCUT2D eigenvalue weighted by atomic mass is 10.3. The van der Waals surface area contributed by atoms with Gasteiger partial charge in [-0.3, -0.25) is 4.70 Å². The van der Waals surface area contributed by atoms with Gasteiger partial charge in [0.25, 0.3) is 0 Å². The Morgan fingerprint density at radius 1 is 1.33 bits per heavy atom. The number of nitrogens with zero attached hydrogens (tertiary/aromatic N) is 2. The average molecular weight is 184 g/mol. The van der Waals surface area contributed by atoms with E-state index in [0.29, 0.717) is 0 Å². The predicted molar refractivity (Wildman–Crippen MR) is 50.5 cm³/mol. The molecule has 2 rings (SSSR count). The van der Waals surface area contributed by atoms with Gasteiger partial charge in [0.05, 0.1) is 11.0 Å². The van der Waals surface area contributed by atoms with Gasteiger partial charge in [0.2, 0.25) is 0 Å². The van der Waals surface area contributed by atoms with Crippen molar-refractivity contribution in [1.29, 1.82) is 0 Å². The largest absolute Gasteiger partial charge is 0.322 e. The fourth-order valence-electron chi connectivity index (χ4n) is 1.13. The summed E-state index contributed by atoms with van der Waals surface area (Å²) < 4.78 is 1.96. The highest BCUT2D eigenvalue weighted by Crippen LogP contribution is 2.15. The molecule has 0 amide bonds. The van der Waals surface area contributed by atoms with E-state index in [1.165, 1.54) is 0 Å². The average Bonchev–Trinajstić information content (AvgIpc) is 2.30. The number of imidazole rings is 1. The number of para-hydroxylation sites is 2. The first-order valence-corrected chi connectivity index (χ1v) is 3.84. The Morgan fingerprint density at radius 2 is 2.00 bits per heavy atom. The maximum atomic E-state index is 4.24. The molecule has 0 radical (unpaired) electrons. The number of benzene rings is 1. The third-order valence-corrected chi connectivity index (χ3v) is 2.16. The molecular formula is C8H9FN2S. The fraction of sp³-hybridized carbons (Fsp3) is 0.125. The summed E-state index contributed by atoms with van der Waals surface area (Å²) >= 11 is 4.21. The molecule has 12 heavy (non-hydrogen) atoms. The maximum absolute atomic E-state index is 4.24. The van der Waals surface area contributed by atoms with Crippen molar-refractivity contribution < 1.29 is 4.70 Å². The molecule has 1 heterocycles. The summed E-state index contributed by atoms with van der Waals surface area (Å²) in [7, 11) is 1.96. The molecule has 0 spiro atoms. The fourth-order valence-corrected chi connectivity index (χ4v) is 1.35. The number of aryl methyl sites for hydroxylation is 1. The van der Waals surface area contributed by atoms with Crippen LogP contribution in [0.3, 0.4) is 0 Å². The van der Waals surface area contributed by atoms with Crippen molar-refractivity contribution in [2.24, 2.45) is 7.05 Å². The van der Waals surface area contributed by atoms with Gasteiger partial charge in [0.1, 0.15) is 0 Å². The number of hydrogen-bond donors (Lipinski definition) is 1. The monoisotopic (exact) mass is 184 g/mol. The molecule has 0 aliphatic rings. The van der Waals surface area contributed by atoms with Crippen molar-refractivity contribution in [1.82, 2.24) is 9.55 Å². The molecule has 0 saturated carbocycles. The third-order valence-electron chi connectivity index (χ3n) is 1.76. The topological polar surface area (TPSA) is 17.8 Å². The first kappa shape index (κ1) is 9.06. The third kappa shape index (κ3) is 1.18. The Morgan fingerprint density at radius 3 is 2.67 bits per heavy atom. The smallest absolute Gasteiger partial charge is 0.165 e. The van der Waals surface area contributed by atoms with Crippen LogP contribution in [0.25, 0.3) is 11.0 Å². The molecule has 1 aromatic carbocycles. The number of fused-ring (bicyclic) bond motifs is 1. The minimum Gasteiger partial charge on any atom is -0.322 e. The summed E-state index contributed by atoms with van der Waals surface area (Å²) in [6.45, 7) is 0. The molecule has 2 aromatic rings. The van der Waals surface area contributed by atoms with Gasteiger partial charge < -0.3 is 4.57 Å². The predicted octanol–water partition coefficient (Wildman–Crippen LogP) is 2.01. The molecule has 0 saturated heterocycles. The van der Waals surface area contributed by atoms with Gasteiger partial charge in [0.15, 0.2) is 5.16 Å². The number of thiol groups is 1. The van der Waals surface area contributed by atoms with E-state index in [0.717, 1.165) is 16.2 Å². The van der Waals surface area contributed by atoms with Crippen LogP contribution in [0.1, 0.15) is 0 Å². The molecule has 64 valence electrons. The van der Waals surface area contributed by atoms with Gasteiger partial charge in [-0.05, 0) is 12.1 Å². The highest BCUT2D eigenvalue weighted by molar-refractivity contribution is 7.80. The molecule has 4 heteroatoms.